The molecule has 0 radical (unpaired) electrons. The van der Waals surface area contributed by atoms with Gasteiger partial charge in [0.25, 0.3) is 0 Å². The summed E-state index contributed by atoms with van der Waals surface area (Å²) in [7, 11) is 1.99. The van der Waals surface area contributed by atoms with Crippen LogP contribution in [-0.4, -0.2) is 39.9 Å². The van der Waals surface area contributed by atoms with E-state index < -0.39 is 0 Å². The van der Waals surface area contributed by atoms with Crippen molar-refractivity contribution in [2.24, 2.45) is 18.4 Å². The van der Waals surface area contributed by atoms with E-state index in [-0.39, 0.29) is 0 Å². The van der Waals surface area contributed by atoms with Gasteiger partial charge in [-0.3, -0.25) is 9.58 Å². The van der Waals surface area contributed by atoms with E-state index >= 15 is 0 Å². The second-order valence-electron chi connectivity index (χ2n) is 7.55. The normalized spacial score (nSPS) is 25.4. The number of hydrogen-bond acceptors (Lipinski definition) is 3. The standard InChI is InChI=1S/C16H30N4/c1-12(2)14-9-17-15(16(3,4)5)11-20(14)10-13-7-8-19(6)18-13/h7-8,12,14-15,17H,9-11H2,1-6H3. The van der Waals surface area contributed by atoms with E-state index in [1.54, 1.807) is 0 Å². The van der Waals surface area contributed by atoms with Crippen molar-refractivity contribution in [3.05, 3.63) is 18.0 Å². The van der Waals surface area contributed by atoms with Crippen LogP contribution in [0.15, 0.2) is 12.3 Å². The molecule has 1 aliphatic heterocycles. The molecule has 0 spiro atoms. The van der Waals surface area contributed by atoms with Crippen LogP contribution in [0.1, 0.15) is 40.3 Å². The topological polar surface area (TPSA) is 33.1 Å². The van der Waals surface area contributed by atoms with E-state index in [1.807, 2.05) is 17.9 Å². The van der Waals surface area contributed by atoms with Crippen LogP contribution in [0.4, 0.5) is 0 Å². The maximum atomic E-state index is 4.54. The lowest BCUT2D eigenvalue weighted by molar-refractivity contribution is 0.0561. The fraction of sp³-hybridized carbons (Fsp3) is 0.812. The molecule has 2 rings (SSSR count). The molecule has 1 aromatic rings. The Labute approximate surface area is 123 Å². The van der Waals surface area contributed by atoms with Crippen molar-refractivity contribution in [2.75, 3.05) is 13.1 Å². The Morgan fingerprint density at radius 3 is 2.60 bits per heavy atom. The third kappa shape index (κ3) is 3.61. The van der Waals surface area contributed by atoms with Crippen molar-refractivity contribution in [3.8, 4) is 0 Å². The average Bonchev–Trinajstić information content (AvgIpc) is 2.73. The highest BCUT2D eigenvalue weighted by Crippen LogP contribution is 2.26. The van der Waals surface area contributed by atoms with Crippen molar-refractivity contribution in [1.82, 2.24) is 20.0 Å². The first-order chi connectivity index (χ1) is 9.27. The largest absolute Gasteiger partial charge is 0.311 e. The summed E-state index contributed by atoms with van der Waals surface area (Å²) in [4.78, 5) is 2.61. The monoisotopic (exact) mass is 278 g/mol. The zero-order valence-corrected chi connectivity index (χ0v) is 13.8. The summed E-state index contributed by atoms with van der Waals surface area (Å²) in [5.74, 6) is 0.659. The van der Waals surface area contributed by atoms with Crippen LogP contribution in [0, 0.1) is 11.3 Å². The highest BCUT2D eigenvalue weighted by Gasteiger charge is 2.35. The number of piperazine rings is 1. The predicted octanol–water partition coefficient (Wildman–Crippen LogP) is 2.26. The third-order valence-corrected chi connectivity index (χ3v) is 4.41. The van der Waals surface area contributed by atoms with Crippen molar-refractivity contribution in [2.45, 2.75) is 53.2 Å². The van der Waals surface area contributed by atoms with E-state index in [0.717, 1.165) is 19.6 Å². The highest BCUT2D eigenvalue weighted by atomic mass is 15.3. The zero-order valence-electron chi connectivity index (χ0n) is 13.8. The number of nitrogens with zero attached hydrogens (tertiary/aromatic N) is 3. The van der Waals surface area contributed by atoms with Crippen molar-refractivity contribution in [1.29, 1.82) is 0 Å². The van der Waals surface area contributed by atoms with E-state index in [1.165, 1.54) is 5.69 Å². The minimum Gasteiger partial charge on any atom is -0.311 e. The summed E-state index contributed by atoms with van der Waals surface area (Å²) in [5.41, 5.74) is 1.47. The van der Waals surface area contributed by atoms with Gasteiger partial charge in [0.05, 0.1) is 5.69 Å². The van der Waals surface area contributed by atoms with Crippen LogP contribution in [0.3, 0.4) is 0 Å². The molecule has 1 fully saturated rings. The minimum atomic E-state index is 0.296. The Kier molecular flexibility index (Phi) is 4.55. The van der Waals surface area contributed by atoms with Gasteiger partial charge in [-0.25, -0.2) is 0 Å². The second-order valence-corrected chi connectivity index (χ2v) is 7.55. The number of aryl methyl sites for hydroxylation is 1. The van der Waals surface area contributed by atoms with Gasteiger partial charge in [-0.1, -0.05) is 34.6 Å². The minimum absolute atomic E-state index is 0.296. The predicted molar refractivity (Wildman–Crippen MR) is 83.5 cm³/mol. The lowest BCUT2D eigenvalue weighted by atomic mass is 9.83. The summed E-state index contributed by atoms with van der Waals surface area (Å²) in [6.07, 6.45) is 2.03. The Balaban J connectivity index is 2.10. The molecule has 1 aliphatic rings. The van der Waals surface area contributed by atoms with E-state index in [2.05, 4.69) is 56.0 Å². The summed E-state index contributed by atoms with van der Waals surface area (Å²) in [6, 6.07) is 3.27. The highest BCUT2D eigenvalue weighted by molar-refractivity contribution is 5.01. The Morgan fingerprint density at radius 2 is 2.10 bits per heavy atom. The molecule has 4 heteroatoms. The summed E-state index contributed by atoms with van der Waals surface area (Å²) in [6.45, 7) is 14.7. The first kappa shape index (κ1) is 15.5. The van der Waals surface area contributed by atoms with Crippen LogP contribution in [0.2, 0.25) is 0 Å². The van der Waals surface area contributed by atoms with E-state index in [9.17, 15) is 0 Å². The molecule has 2 heterocycles. The summed E-state index contributed by atoms with van der Waals surface area (Å²) < 4.78 is 1.89. The molecule has 0 aliphatic carbocycles. The molecule has 20 heavy (non-hydrogen) atoms. The lowest BCUT2D eigenvalue weighted by Gasteiger charge is -2.46. The molecule has 1 aromatic heterocycles. The maximum absolute atomic E-state index is 4.54. The van der Waals surface area contributed by atoms with Gasteiger partial charge in [-0.05, 0) is 17.4 Å². The first-order valence-corrected chi connectivity index (χ1v) is 7.73. The molecule has 0 amide bonds. The van der Waals surface area contributed by atoms with Gasteiger partial charge in [0.2, 0.25) is 0 Å². The van der Waals surface area contributed by atoms with Gasteiger partial charge in [0, 0.05) is 45.0 Å². The van der Waals surface area contributed by atoms with Gasteiger partial charge in [0.15, 0.2) is 0 Å². The molecule has 2 atom stereocenters. The molecule has 0 bridgehead atoms. The number of nitrogens with one attached hydrogen (secondary N) is 1. The fourth-order valence-corrected chi connectivity index (χ4v) is 3.00. The SMILES string of the molecule is CC(C)C1CNC(C(C)(C)C)CN1Cc1ccn(C)n1. The number of hydrogen-bond donors (Lipinski definition) is 1. The van der Waals surface area contributed by atoms with Crippen molar-refractivity contribution >= 4 is 0 Å². The average molecular weight is 278 g/mol. The Bertz CT molecular complexity index is 430. The van der Waals surface area contributed by atoms with Gasteiger partial charge in [-0.15, -0.1) is 0 Å². The smallest absolute Gasteiger partial charge is 0.0764 e. The lowest BCUT2D eigenvalue weighted by Crippen LogP contribution is -2.61. The molecular weight excluding hydrogens is 248 g/mol. The van der Waals surface area contributed by atoms with Crippen LogP contribution >= 0.6 is 0 Å². The second kappa shape index (κ2) is 5.86. The van der Waals surface area contributed by atoms with Crippen molar-refractivity contribution < 1.29 is 0 Å². The molecule has 0 aromatic carbocycles. The van der Waals surface area contributed by atoms with Gasteiger partial charge < -0.3 is 5.32 Å². The molecule has 1 saturated heterocycles. The molecular formula is C16H30N4. The summed E-state index contributed by atoms with van der Waals surface area (Å²) >= 11 is 0. The Morgan fingerprint density at radius 1 is 1.40 bits per heavy atom. The quantitative estimate of drug-likeness (QED) is 0.921. The maximum Gasteiger partial charge on any atom is 0.0764 e. The zero-order chi connectivity index (χ0) is 14.9. The van der Waals surface area contributed by atoms with Crippen LogP contribution in [-0.2, 0) is 13.6 Å². The first-order valence-electron chi connectivity index (χ1n) is 7.73. The molecule has 4 nitrogen and oxygen atoms in total. The summed E-state index contributed by atoms with van der Waals surface area (Å²) in [5, 5.41) is 8.28. The van der Waals surface area contributed by atoms with E-state index in [0.29, 0.717) is 23.4 Å². The molecule has 0 saturated carbocycles. The van der Waals surface area contributed by atoms with Crippen LogP contribution in [0.25, 0.3) is 0 Å². The van der Waals surface area contributed by atoms with Gasteiger partial charge >= 0.3 is 0 Å². The third-order valence-electron chi connectivity index (χ3n) is 4.41. The van der Waals surface area contributed by atoms with Crippen LogP contribution < -0.4 is 5.32 Å². The number of aromatic nitrogens is 2. The Hall–Kier alpha value is -0.870. The molecule has 1 N–H and O–H groups in total. The van der Waals surface area contributed by atoms with Crippen LogP contribution in [0.5, 0.6) is 0 Å². The molecule has 2 unspecified atom stereocenters. The van der Waals surface area contributed by atoms with Gasteiger partial charge in [0.1, 0.15) is 0 Å². The number of rotatable bonds is 3. The molecule has 114 valence electrons. The van der Waals surface area contributed by atoms with Gasteiger partial charge in [-0.2, -0.15) is 5.10 Å². The van der Waals surface area contributed by atoms with Crippen molar-refractivity contribution in [3.63, 3.8) is 0 Å². The fourth-order valence-electron chi connectivity index (χ4n) is 3.00. The van der Waals surface area contributed by atoms with E-state index in [4.69, 9.17) is 0 Å².